The molecule has 3 aromatic rings. The Kier molecular flexibility index (Phi) is 7.86. The third kappa shape index (κ3) is 4.88. The Morgan fingerprint density at radius 1 is 0.853 bits per heavy atom. The van der Waals surface area contributed by atoms with Crippen LogP contribution in [0.15, 0.2) is 91.0 Å². The molecule has 0 radical (unpaired) electrons. The quantitative estimate of drug-likeness (QED) is 0.285. The van der Waals surface area contributed by atoms with Crippen molar-refractivity contribution in [3.63, 3.8) is 0 Å². The number of hydrogen-bond acceptors (Lipinski definition) is 4. The van der Waals surface area contributed by atoms with Crippen molar-refractivity contribution >= 4 is 35.1 Å². The summed E-state index contributed by atoms with van der Waals surface area (Å²) in [6.45, 7) is 1.78. The first kappa shape index (κ1) is 25.1. The first-order chi connectivity index (χ1) is 16.3. The molecule has 0 fully saturated rings. The molecule has 0 aliphatic carbocycles. The summed E-state index contributed by atoms with van der Waals surface area (Å²) < 4.78 is 42.5. The number of halogens is 3. The Balaban J connectivity index is 2.29. The van der Waals surface area contributed by atoms with Gasteiger partial charge in [-0.2, -0.15) is 0 Å². The van der Waals surface area contributed by atoms with Crippen molar-refractivity contribution in [2.75, 3.05) is 0 Å². The summed E-state index contributed by atoms with van der Waals surface area (Å²) in [5.41, 5.74) is -0.724. The minimum absolute atomic E-state index is 0.290. The van der Waals surface area contributed by atoms with Gasteiger partial charge in [-0.1, -0.05) is 0 Å². The number of nitrogens with zero attached hydrogens (tertiary/aromatic N) is 1. The van der Waals surface area contributed by atoms with Gasteiger partial charge in [-0.25, -0.2) is 0 Å². The molecule has 0 aliphatic heterocycles. The van der Waals surface area contributed by atoms with Crippen LogP contribution in [-0.2, 0) is 14.3 Å². The number of ether oxygens (including phenoxy) is 1. The van der Waals surface area contributed by atoms with Crippen LogP contribution >= 0.6 is 7.26 Å². The van der Waals surface area contributed by atoms with Crippen molar-refractivity contribution in [2.45, 2.75) is 25.2 Å². The maximum absolute atomic E-state index is 12.8. The topological polar surface area (TPSA) is 67.2 Å². The van der Waals surface area contributed by atoms with E-state index < -0.39 is 37.0 Å². The Morgan fingerprint density at radius 2 is 1.24 bits per heavy atom. The number of rotatable bonds is 7. The first-order valence-corrected chi connectivity index (χ1v) is 12.7. The molecule has 8 heteroatoms. The van der Waals surface area contributed by atoms with Gasteiger partial charge in [0.05, 0.1) is 0 Å². The van der Waals surface area contributed by atoms with E-state index in [9.17, 15) is 28.0 Å². The van der Waals surface area contributed by atoms with Gasteiger partial charge in [-0.05, 0) is 0 Å². The zero-order valence-electron chi connectivity index (χ0n) is 18.3. The van der Waals surface area contributed by atoms with E-state index >= 15 is 0 Å². The summed E-state index contributed by atoms with van der Waals surface area (Å²) in [6.07, 6.45) is -5.05. The number of nitriles is 1. The average Bonchev–Trinajstić information content (AvgIpc) is 2.85. The molecular formula is C26H23F3NO3P. The van der Waals surface area contributed by atoms with Gasteiger partial charge in [0, 0.05) is 0 Å². The van der Waals surface area contributed by atoms with Crippen molar-refractivity contribution in [1.82, 2.24) is 0 Å². The van der Waals surface area contributed by atoms with Crippen molar-refractivity contribution in [2.24, 2.45) is 5.92 Å². The van der Waals surface area contributed by atoms with E-state index in [1.165, 1.54) is 0 Å². The van der Waals surface area contributed by atoms with Crippen molar-refractivity contribution < 1.29 is 27.5 Å². The van der Waals surface area contributed by atoms with Crippen LogP contribution in [0.2, 0.25) is 0 Å². The SMILES string of the molecule is CCC(C(C#N)C(=O)OC(=O)C(F)(F)F)[PH](c1ccccc1)(c1ccccc1)c1ccccc1. The molecule has 0 spiro atoms. The zero-order valence-corrected chi connectivity index (χ0v) is 19.3. The van der Waals surface area contributed by atoms with Gasteiger partial charge in [-0.3, -0.25) is 0 Å². The van der Waals surface area contributed by atoms with E-state index in [0.717, 1.165) is 15.9 Å². The summed E-state index contributed by atoms with van der Waals surface area (Å²) >= 11 is 0. The van der Waals surface area contributed by atoms with Crippen LogP contribution in [0.4, 0.5) is 13.2 Å². The summed E-state index contributed by atoms with van der Waals surface area (Å²) in [6, 6.07) is 30.0. The molecule has 0 heterocycles. The third-order valence-corrected chi connectivity index (χ3v) is 11.5. The molecule has 4 nitrogen and oxygen atoms in total. The van der Waals surface area contributed by atoms with Crippen LogP contribution in [0.25, 0.3) is 0 Å². The van der Waals surface area contributed by atoms with E-state index in [4.69, 9.17) is 0 Å². The number of hydrogen-bond donors (Lipinski definition) is 0. The van der Waals surface area contributed by atoms with Crippen molar-refractivity contribution in [3.05, 3.63) is 91.0 Å². The number of carbonyl (C=O) groups is 2. The molecule has 0 bridgehead atoms. The maximum atomic E-state index is 12.8. The average molecular weight is 485 g/mol. The van der Waals surface area contributed by atoms with Crippen molar-refractivity contribution in [1.29, 1.82) is 5.26 Å². The molecular weight excluding hydrogens is 462 g/mol. The van der Waals surface area contributed by atoms with Crippen LogP contribution in [0.1, 0.15) is 13.3 Å². The van der Waals surface area contributed by atoms with Gasteiger partial charge in [0.2, 0.25) is 0 Å². The molecule has 0 aromatic heterocycles. The fourth-order valence-corrected chi connectivity index (χ4v) is 10.3. The molecule has 176 valence electrons. The summed E-state index contributed by atoms with van der Waals surface area (Å²) in [4.78, 5) is 24.2. The molecule has 3 rings (SSSR count). The predicted molar refractivity (Wildman–Crippen MR) is 127 cm³/mol. The fraction of sp³-hybridized carbons (Fsp3) is 0.192. The second-order valence-electron chi connectivity index (χ2n) is 7.73. The molecule has 0 saturated carbocycles. The number of benzene rings is 3. The van der Waals surface area contributed by atoms with Gasteiger partial charge in [0.25, 0.3) is 0 Å². The van der Waals surface area contributed by atoms with Gasteiger partial charge < -0.3 is 0 Å². The van der Waals surface area contributed by atoms with Crippen LogP contribution in [0.5, 0.6) is 0 Å². The predicted octanol–water partition coefficient (Wildman–Crippen LogP) is 4.26. The Morgan fingerprint density at radius 3 is 1.53 bits per heavy atom. The van der Waals surface area contributed by atoms with Gasteiger partial charge in [0.15, 0.2) is 0 Å². The molecule has 2 atom stereocenters. The molecule has 0 amide bonds. The van der Waals surface area contributed by atoms with Crippen LogP contribution in [0, 0.1) is 17.2 Å². The fourth-order valence-electron chi connectivity index (χ4n) is 4.56. The third-order valence-electron chi connectivity index (χ3n) is 5.90. The minimum atomic E-state index is -5.34. The van der Waals surface area contributed by atoms with Gasteiger partial charge in [0.1, 0.15) is 0 Å². The standard InChI is InChI=1S/C26H23F3NO3P/c1-2-23(22(18-30)24(31)33-25(32)26(27,28)29)34(19-12-6-3-7-13-19,20-14-8-4-9-15-20)21-16-10-5-11-17-21/h3-17,22-23,34H,2H2,1H3. The first-order valence-electron chi connectivity index (χ1n) is 10.7. The summed E-state index contributed by atoms with van der Waals surface area (Å²) in [5.74, 6) is -5.71. The van der Waals surface area contributed by atoms with Crippen LogP contribution < -0.4 is 15.9 Å². The Labute approximate surface area is 196 Å². The summed E-state index contributed by atoms with van der Waals surface area (Å²) in [5, 5.41) is 12.6. The van der Waals surface area contributed by atoms with E-state index in [2.05, 4.69) is 4.74 Å². The van der Waals surface area contributed by atoms with E-state index in [1.54, 1.807) is 6.92 Å². The molecule has 0 saturated heterocycles. The zero-order chi connectivity index (χ0) is 24.8. The van der Waals surface area contributed by atoms with E-state index in [1.807, 2.05) is 97.1 Å². The number of esters is 2. The molecule has 3 aromatic carbocycles. The second-order valence-corrected chi connectivity index (χ2v) is 11.8. The molecule has 2 unspecified atom stereocenters. The van der Waals surface area contributed by atoms with E-state index in [0.29, 0.717) is 6.42 Å². The normalized spacial score (nSPS) is 13.9. The van der Waals surface area contributed by atoms with Gasteiger partial charge in [-0.15, -0.1) is 0 Å². The van der Waals surface area contributed by atoms with Crippen LogP contribution in [0.3, 0.4) is 0 Å². The van der Waals surface area contributed by atoms with Crippen molar-refractivity contribution in [3.8, 4) is 6.07 Å². The van der Waals surface area contributed by atoms with Crippen LogP contribution in [-0.4, -0.2) is 23.8 Å². The second kappa shape index (κ2) is 10.6. The Bertz CT molecular complexity index is 1070. The summed E-state index contributed by atoms with van der Waals surface area (Å²) in [7, 11) is -3.21. The molecule has 0 aliphatic rings. The van der Waals surface area contributed by atoms with Gasteiger partial charge >= 0.3 is 196 Å². The molecule has 34 heavy (non-hydrogen) atoms. The Hall–Kier alpha value is -3.49. The number of carbonyl (C=O) groups excluding carboxylic acids is 2. The molecule has 0 N–H and O–H groups in total. The monoisotopic (exact) mass is 485 g/mol. The number of alkyl halides is 3. The van der Waals surface area contributed by atoms with E-state index in [-0.39, 0.29) is 0 Å².